The van der Waals surface area contributed by atoms with Gasteiger partial charge in [0, 0.05) is 12.1 Å². The van der Waals surface area contributed by atoms with E-state index in [-0.39, 0.29) is 4.75 Å². The lowest BCUT2D eigenvalue weighted by molar-refractivity contribution is 0.411. The van der Waals surface area contributed by atoms with Gasteiger partial charge in [-0.1, -0.05) is 12.1 Å². The summed E-state index contributed by atoms with van der Waals surface area (Å²) in [6.07, 6.45) is 0.693. The molecule has 0 unspecified atom stereocenters. The molecule has 0 N–H and O–H groups in total. The van der Waals surface area contributed by atoms with E-state index in [9.17, 15) is 4.21 Å². The number of rotatable bonds is 4. The van der Waals surface area contributed by atoms with Gasteiger partial charge >= 0.3 is 0 Å². The second-order valence-electron chi connectivity index (χ2n) is 5.67. The fourth-order valence-electron chi connectivity index (χ4n) is 1.58. The molecular formula is C15H23NO2S. The maximum absolute atomic E-state index is 11.9. The van der Waals surface area contributed by atoms with Crippen molar-refractivity contribution in [3.63, 3.8) is 0 Å². The molecule has 0 spiro atoms. The fraction of sp³-hybridized carbons (Fsp3) is 0.533. The van der Waals surface area contributed by atoms with E-state index >= 15 is 0 Å². The second kappa shape index (κ2) is 6.33. The Kier molecular flexibility index (Phi) is 5.29. The van der Waals surface area contributed by atoms with Crippen molar-refractivity contribution < 1.29 is 8.95 Å². The average molecular weight is 281 g/mol. The smallest absolute Gasteiger partial charge is 0.144 e. The van der Waals surface area contributed by atoms with Gasteiger partial charge in [-0.2, -0.15) is 4.40 Å². The van der Waals surface area contributed by atoms with Gasteiger partial charge in [-0.25, -0.2) is 4.21 Å². The standard InChI is InChI=1S/C15H23NO2S/c1-11-7-8-13(10-14(11)18-6)9-12(2)16-19(17)15(3,4)5/h7-8,10H,9H2,1-6H3/t19-/m0/s1. The molecule has 0 saturated heterocycles. The lowest BCUT2D eigenvalue weighted by atomic mass is 10.1. The van der Waals surface area contributed by atoms with Gasteiger partial charge in [-0.05, 0) is 51.8 Å². The summed E-state index contributed by atoms with van der Waals surface area (Å²) in [5.41, 5.74) is 3.10. The van der Waals surface area contributed by atoms with Crippen LogP contribution in [0, 0.1) is 6.92 Å². The molecule has 3 nitrogen and oxygen atoms in total. The van der Waals surface area contributed by atoms with Crippen molar-refractivity contribution in [2.45, 2.75) is 45.8 Å². The predicted octanol–water partition coefficient (Wildman–Crippen LogP) is 3.47. The molecule has 4 heteroatoms. The van der Waals surface area contributed by atoms with Gasteiger partial charge in [0.15, 0.2) is 0 Å². The molecule has 0 fully saturated rings. The first-order valence-corrected chi connectivity index (χ1v) is 7.44. The Morgan fingerprint density at radius 3 is 2.53 bits per heavy atom. The lowest BCUT2D eigenvalue weighted by Crippen LogP contribution is -2.20. The third-order valence-electron chi connectivity index (χ3n) is 2.70. The molecular weight excluding hydrogens is 258 g/mol. The molecule has 0 aliphatic carbocycles. The molecule has 0 amide bonds. The zero-order valence-corrected chi connectivity index (χ0v) is 13.4. The van der Waals surface area contributed by atoms with E-state index in [1.165, 1.54) is 0 Å². The Bertz CT molecular complexity index is 501. The number of ether oxygens (including phenoxy) is 1. The third-order valence-corrected chi connectivity index (χ3v) is 4.22. The Labute approximate surface area is 118 Å². The first-order chi connectivity index (χ1) is 8.74. The summed E-state index contributed by atoms with van der Waals surface area (Å²) in [6.45, 7) is 9.70. The van der Waals surface area contributed by atoms with Crippen LogP contribution in [0.2, 0.25) is 0 Å². The minimum Gasteiger partial charge on any atom is -0.496 e. The molecule has 1 rings (SSSR count). The summed E-state index contributed by atoms with van der Waals surface area (Å²) in [5.74, 6) is 0.877. The highest BCUT2D eigenvalue weighted by Gasteiger charge is 2.19. The second-order valence-corrected chi connectivity index (χ2v) is 7.57. The molecule has 0 bridgehead atoms. The minimum atomic E-state index is -1.20. The number of methoxy groups -OCH3 is 1. The van der Waals surface area contributed by atoms with Crippen LogP contribution in [-0.2, 0) is 17.4 Å². The fourth-order valence-corrected chi connectivity index (χ4v) is 2.20. The van der Waals surface area contributed by atoms with E-state index in [1.54, 1.807) is 7.11 Å². The number of hydrogen-bond donors (Lipinski definition) is 0. The monoisotopic (exact) mass is 281 g/mol. The molecule has 0 aliphatic rings. The van der Waals surface area contributed by atoms with E-state index in [1.807, 2.05) is 46.8 Å². The van der Waals surface area contributed by atoms with Crippen molar-refractivity contribution in [1.82, 2.24) is 0 Å². The minimum absolute atomic E-state index is 0.313. The van der Waals surface area contributed by atoms with Crippen molar-refractivity contribution in [2.75, 3.05) is 7.11 Å². The van der Waals surface area contributed by atoms with E-state index in [2.05, 4.69) is 10.5 Å². The predicted molar refractivity (Wildman–Crippen MR) is 82.4 cm³/mol. The van der Waals surface area contributed by atoms with Gasteiger partial charge in [0.2, 0.25) is 0 Å². The summed E-state index contributed by atoms with van der Waals surface area (Å²) in [6, 6.07) is 6.09. The van der Waals surface area contributed by atoms with E-state index < -0.39 is 11.0 Å². The first kappa shape index (κ1) is 15.9. The molecule has 19 heavy (non-hydrogen) atoms. The number of hydrogen-bond acceptors (Lipinski definition) is 2. The largest absolute Gasteiger partial charge is 0.496 e. The summed E-state index contributed by atoms with van der Waals surface area (Å²) in [5, 5.41) is 0. The number of nitrogens with zero attached hydrogens (tertiary/aromatic N) is 1. The Hall–Kier alpha value is -1.16. The maximum Gasteiger partial charge on any atom is 0.144 e. The van der Waals surface area contributed by atoms with Crippen molar-refractivity contribution >= 4 is 16.7 Å². The van der Waals surface area contributed by atoms with Crippen molar-refractivity contribution in [3.8, 4) is 5.75 Å². The number of aryl methyl sites for hydroxylation is 1. The van der Waals surface area contributed by atoms with Gasteiger partial charge in [-0.3, -0.25) is 0 Å². The Balaban J connectivity index is 2.85. The van der Waals surface area contributed by atoms with Gasteiger partial charge < -0.3 is 4.74 Å². The van der Waals surface area contributed by atoms with Crippen LogP contribution in [0.4, 0.5) is 0 Å². The Morgan fingerprint density at radius 2 is 2.00 bits per heavy atom. The third kappa shape index (κ3) is 4.78. The molecule has 1 atom stereocenters. The highest BCUT2D eigenvalue weighted by Crippen LogP contribution is 2.20. The molecule has 0 heterocycles. The van der Waals surface area contributed by atoms with Gasteiger partial charge in [0.05, 0.1) is 11.9 Å². The van der Waals surface area contributed by atoms with Crippen molar-refractivity contribution in [1.29, 1.82) is 0 Å². The molecule has 1 aromatic rings. The van der Waals surface area contributed by atoms with Crippen LogP contribution in [0.1, 0.15) is 38.8 Å². The molecule has 0 saturated carbocycles. The number of benzene rings is 1. The van der Waals surface area contributed by atoms with Crippen LogP contribution in [0.5, 0.6) is 5.75 Å². The van der Waals surface area contributed by atoms with E-state index in [0.29, 0.717) is 6.42 Å². The molecule has 0 radical (unpaired) electrons. The normalized spacial score (nSPS) is 14.3. The summed E-state index contributed by atoms with van der Waals surface area (Å²) in [4.78, 5) is 0. The van der Waals surface area contributed by atoms with Crippen LogP contribution >= 0.6 is 0 Å². The highest BCUT2D eigenvalue weighted by molar-refractivity contribution is 7.85. The molecule has 106 valence electrons. The van der Waals surface area contributed by atoms with E-state index in [4.69, 9.17) is 4.74 Å². The highest BCUT2D eigenvalue weighted by atomic mass is 32.2. The topological polar surface area (TPSA) is 38.7 Å². The molecule has 0 aromatic heterocycles. The van der Waals surface area contributed by atoms with Gasteiger partial charge in [-0.15, -0.1) is 0 Å². The van der Waals surface area contributed by atoms with Crippen LogP contribution < -0.4 is 4.74 Å². The van der Waals surface area contributed by atoms with Crippen LogP contribution in [0.15, 0.2) is 22.6 Å². The lowest BCUT2D eigenvalue weighted by Gasteiger charge is -2.14. The summed E-state index contributed by atoms with van der Waals surface area (Å²) < 4.78 is 21.2. The zero-order chi connectivity index (χ0) is 14.6. The van der Waals surface area contributed by atoms with Gasteiger partial charge in [0.25, 0.3) is 0 Å². The summed E-state index contributed by atoms with van der Waals surface area (Å²) >= 11 is 0. The first-order valence-electron chi connectivity index (χ1n) is 6.33. The van der Waals surface area contributed by atoms with Gasteiger partial charge in [0.1, 0.15) is 16.7 Å². The van der Waals surface area contributed by atoms with E-state index in [0.717, 1.165) is 22.6 Å². The van der Waals surface area contributed by atoms with Crippen molar-refractivity contribution in [3.05, 3.63) is 29.3 Å². The molecule has 1 aromatic carbocycles. The quantitative estimate of drug-likeness (QED) is 0.793. The van der Waals surface area contributed by atoms with Crippen molar-refractivity contribution in [2.24, 2.45) is 4.40 Å². The van der Waals surface area contributed by atoms with Crippen LogP contribution in [-0.4, -0.2) is 21.8 Å². The Morgan fingerprint density at radius 1 is 1.37 bits per heavy atom. The SMILES string of the molecule is COc1cc(CC(C)=N[S@@](=O)C(C)(C)C)ccc1C. The van der Waals surface area contributed by atoms with Crippen LogP contribution in [0.3, 0.4) is 0 Å². The summed E-state index contributed by atoms with van der Waals surface area (Å²) in [7, 11) is 0.472. The zero-order valence-electron chi connectivity index (χ0n) is 12.6. The molecule has 0 aliphatic heterocycles. The maximum atomic E-state index is 11.9. The average Bonchev–Trinajstić information content (AvgIpc) is 2.30. The van der Waals surface area contributed by atoms with Crippen LogP contribution in [0.25, 0.3) is 0 Å².